The van der Waals surface area contributed by atoms with Crippen LogP contribution in [0.2, 0.25) is 0 Å². The van der Waals surface area contributed by atoms with Crippen molar-refractivity contribution in [2.75, 3.05) is 10.2 Å². The lowest BCUT2D eigenvalue weighted by Crippen LogP contribution is -2.40. The number of carbonyl (C=O) groups is 3. The fourth-order valence-corrected chi connectivity index (χ4v) is 4.19. The van der Waals surface area contributed by atoms with Crippen LogP contribution in [0.3, 0.4) is 0 Å². The van der Waals surface area contributed by atoms with Gasteiger partial charge in [-0.15, -0.1) is 12.4 Å². The number of rotatable bonds is 8. The minimum absolute atomic E-state index is 0. The van der Waals surface area contributed by atoms with Gasteiger partial charge in [0.05, 0.1) is 6.42 Å². The number of nitrogens with one attached hydrogen (secondary N) is 2. The number of carboxylic acids is 1. The molecule has 34 heavy (non-hydrogen) atoms. The van der Waals surface area contributed by atoms with E-state index in [4.69, 9.17) is 16.2 Å². The van der Waals surface area contributed by atoms with Gasteiger partial charge in [-0.05, 0) is 61.7 Å². The lowest BCUT2D eigenvalue weighted by molar-refractivity contribution is -0.140. The first-order chi connectivity index (χ1) is 15.7. The van der Waals surface area contributed by atoms with Gasteiger partial charge >= 0.3 is 5.97 Å². The number of nitrogens with two attached hydrogens (primary N) is 1. The molecule has 0 radical (unpaired) electrons. The number of phenols is 1. The van der Waals surface area contributed by atoms with Crippen LogP contribution in [0.1, 0.15) is 48.8 Å². The number of hydrogen-bond donors (Lipinski definition) is 5. The van der Waals surface area contributed by atoms with Crippen molar-refractivity contribution in [3.05, 3.63) is 53.1 Å². The van der Waals surface area contributed by atoms with E-state index in [2.05, 4.69) is 5.32 Å². The van der Waals surface area contributed by atoms with E-state index in [0.717, 1.165) is 31.2 Å². The Morgan fingerprint density at radius 2 is 1.82 bits per heavy atom. The normalized spacial score (nSPS) is 13.1. The van der Waals surface area contributed by atoms with E-state index in [-0.39, 0.29) is 42.4 Å². The van der Waals surface area contributed by atoms with Crippen molar-refractivity contribution in [3.63, 3.8) is 0 Å². The standard InChI is InChI=1S/C24H28N4O5.ClH/c1-14-10-17(27-21(30)12-16-11-15(24(25)26)6-9-20(16)29)7-8-19(14)28(18-4-2-3-5-18)22(31)13-23(32)33;/h6-11,18,29H,2-5,12-13H2,1H3,(H3,25,26)(H,27,30)(H,32,33);1H. The molecule has 0 bridgehead atoms. The number of aryl methyl sites for hydroxylation is 1. The maximum Gasteiger partial charge on any atom is 0.312 e. The third-order valence-corrected chi connectivity index (χ3v) is 5.74. The number of benzene rings is 2. The van der Waals surface area contributed by atoms with Crippen molar-refractivity contribution < 1.29 is 24.6 Å². The van der Waals surface area contributed by atoms with Crippen LogP contribution in [0.5, 0.6) is 5.75 Å². The van der Waals surface area contributed by atoms with Gasteiger partial charge in [0, 0.05) is 28.5 Å². The van der Waals surface area contributed by atoms with Crippen molar-refractivity contribution in [1.29, 1.82) is 5.41 Å². The maximum absolute atomic E-state index is 12.7. The molecule has 1 saturated carbocycles. The largest absolute Gasteiger partial charge is 0.508 e. The molecule has 9 nitrogen and oxygen atoms in total. The molecule has 0 atom stereocenters. The number of carboxylic acid groups (broad SMARTS) is 1. The third-order valence-electron chi connectivity index (χ3n) is 5.74. The van der Waals surface area contributed by atoms with Gasteiger partial charge in [0.1, 0.15) is 18.0 Å². The average molecular weight is 489 g/mol. The number of phenolic OH excluding ortho intramolecular Hbond substituents is 1. The molecule has 1 fully saturated rings. The number of carbonyl (C=O) groups excluding carboxylic acids is 2. The smallest absolute Gasteiger partial charge is 0.312 e. The van der Waals surface area contributed by atoms with Crippen LogP contribution in [-0.4, -0.2) is 39.9 Å². The summed E-state index contributed by atoms with van der Waals surface area (Å²) in [6.07, 6.45) is 2.95. The zero-order chi connectivity index (χ0) is 24.1. The second kappa shape index (κ2) is 11.5. The Labute approximate surface area is 203 Å². The summed E-state index contributed by atoms with van der Waals surface area (Å²) >= 11 is 0. The summed E-state index contributed by atoms with van der Waals surface area (Å²) in [5.74, 6) is -2.21. The number of amides is 2. The van der Waals surface area contributed by atoms with Crippen molar-refractivity contribution in [1.82, 2.24) is 0 Å². The SMILES string of the molecule is Cc1cc(NC(=O)Cc2cc(C(=N)N)ccc2O)ccc1N(C(=O)CC(=O)O)C1CCCC1.Cl. The number of nitrogen functional groups attached to an aromatic ring is 1. The molecule has 2 aromatic rings. The van der Waals surface area contributed by atoms with Gasteiger partial charge in [0.2, 0.25) is 11.8 Å². The molecule has 1 aliphatic carbocycles. The minimum atomic E-state index is -1.17. The van der Waals surface area contributed by atoms with Crippen LogP contribution in [0.15, 0.2) is 36.4 Å². The number of aromatic hydroxyl groups is 1. The minimum Gasteiger partial charge on any atom is -0.508 e. The fraction of sp³-hybridized carbons (Fsp3) is 0.333. The Balaban J connectivity index is 0.00000408. The Kier molecular flexibility index (Phi) is 9.03. The summed E-state index contributed by atoms with van der Waals surface area (Å²) in [5.41, 5.74) is 8.12. The molecule has 0 saturated heterocycles. The lowest BCUT2D eigenvalue weighted by Gasteiger charge is -2.30. The zero-order valence-electron chi connectivity index (χ0n) is 18.8. The Morgan fingerprint density at radius 1 is 1.15 bits per heavy atom. The predicted molar refractivity (Wildman–Crippen MR) is 132 cm³/mol. The first-order valence-electron chi connectivity index (χ1n) is 10.8. The quantitative estimate of drug-likeness (QED) is 0.218. The molecule has 0 spiro atoms. The van der Waals surface area contributed by atoms with E-state index in [1.807, 2.05) is 6.92 Å². The Bertz CT molecular complexity index is 1100. The van der Waals surface area contributed by atoms with Crippen LogP contribution < -0.4 is 16.0 Å². The number of halogens is 1. The highest BCUT2D eigenvalue weighted by Gasteiger charge is 2.30. The molecule has 0 aromatic heterocycles. The van der Waals surface area contributed by atoms with Crippen LogP contribution in [-0.2, 0) is 20.8 Å². The zero-order valence-corrected chi connectivity index (χ0v) is 19.7. The maximum atomic E-state index is 12.7. The number of aliphatic carboxylic acids is 1. The van der Waals surface area contributed by atoms with E-state index in [0.29, 0.717) is 22.5 Å². The molecule has 10 heteroatoms. The molecule has 1 aliphatic rings. The number of anilines is 2. The van der Waals surface area contributed by atoms with Crippen LogP contribution in [0.25, 0.3) is 0 Å². The molecule has 0 aliphatic heterocycles. The number of amidine groups is 1. The summed E-state index contributed by atoms with van der Waals surface area (Å²) in [6.45, 7) is 1.81. The molecule has 3 rings (SSSR count). The molecule has 0 unspecified atom stereocenters. The molecule has 0 heterocycles. The van der Waals surface area contributed by atoms with Gasteiger partial charge < -0.3 is 26.2 Å². The van der Waals surface area contributed by atoms with Gasteiger partial charge in [-0.3, -0.25) is 19.8 Å². The van der Waals surface area contributed by atoms with E-state index in [9.17, 15) is 19.5 Å². The third kappa shape index (κ3) is 6.48. The monoisotopic (exact) mass is 488 g/mol. The fourth-order valence-electron chi connectivity index (χ4n) is 4.19. The van der Waals surface area contributed by atoms with Gasteiger partial charge in [0.25, 0.3) is 0 Å². The van der Waals surface area contributed by atoms with Gasteiger partial charge in [-0.2, -0.15) is 0 Å². The van der Waals surface area contributed by atoms with Crippen LogP contribution in [0, 0.1) is 12.3 Å². The van der Waals surface area contributed by atoms with Gasteiger partial charge in [0.15, 0.2) is 0 Å². The first-order valence-corrected chi connectivity index (χ1v) is 10.8. The van der Waals surface area contributed by atoms with E-state index in [1.54, 1.807) is 23.1 Å². The highest BCUT2D eigenvalue weighted by molar-refractivity contribution is 6.04. The average Bonchev–Trinajstić information content (AvgIpc) is 3.25. The summed E-state index contributed by atoms with van der Waals surface area (Å²) in [4.78, 5) is 38.0. The van der Waals surface area contributed by atoms with Crippen molar-refractivity contribution >= 4 is 47.4 Å². The predicted octanol–water partition coefficient (Wildman–Crippen LogP) is 3.34. The van der Waals surface area contributed by atoms with Crippen molar-refractivity contribution in [3.8, 4) is 5.75 Å². The lowest BCUT2D eigenvalue weighted by atomic mass is 10.1. The highest BCUT2D eigenvalue weighted by Crippen LogP contribution is 2.32. The van der Waals surface area contributed by atoms with E-state index in [1.165, 1.54) is 18.2 Å². The van der Waals surface area contributed by atoms with Crippen molar-refractivity contribution in [2.24, 2.45) is 5.73 Å². The molecule has 182 valence electrons. The molecule has 2 amide bonds. The Hall–Kier alpha value is -3.59. The summed E-state index contributed by atoms with van der Waals surface area (Å²) in [7, 11) is 0. The topological polar surface area (TPSA) is 157 Å². The molecular formula is C24H29ClN4O5. The van der Waals surface area contributed by atoms with Crippen molar-refractivity contribution in [2.45, 2.75) is 51.5 Å². The molecule has 2 aromatic carbocycles. The van der Waals surface area contributed by atoms with E-state index < -0.39 is 18.3 Å². The van der Waals surface area contributed by atoms with E-state index >= 15 is 0 Å². The second-order valence-corrected chi connectivity index (χ2v) is 8.26. The highest BCUT2D eigenvalue weighted by atomic mass is 35.5. The summed E-state index contributed by atoms with van der Waals surface area (Å²) in [5, 5.41) is 29.4. The summed E-state index contributed by atoms with van der Waals surface area (Å²) < 4.78 is 0. The number of nitrogens with zero attached hydrogens (tertiary/aromatic N) is 1. The summed E-state index contributed by atoms with van der Waals surface area (Å²) in [6, 6.07) is 9.48. The second-order valence-electron chi connectivity index (χ2n) is 8.26. The molecular weight excluding hydrogens is 460 g/mol. The van der Waals surface area contributed by atoms with Gasteiger partial charge in [-0.25, -0.2) is 0 Å². The van der Waals surface area contributed by atoms with Crippen LogP contribution in [0.4, 0.5) is 11.4 Å². The Morgan fingerprint density at radius 3 is 2.41 bits per heavy atom. The molecule has 6 N–H and O–H groups in total. The van der Waals surface area contributed by atoms with Crippen LogP contribution >= 0.6 is 12.4 Å². The first kappa shape index (κ1) is 26.7. The van der Waals surface area contributed by atoms with Gasteiger partial charge in [-0.1, -0.05) is 12.8 Å². The number of hydrogen-bond acceptors (Lipinski definition) is 5.